The maximum Gasteiger partial charge on any atom is -0.0238 e. The first-order chi connectivity index (χ1) is 5.87. The second-order valence-electron chi connectivity index (χ2n) is 5.40. The third kappa shape index (κ3) is 0.843. The predicted octanol–water partition coefficient (Wildman–Crippen LogP) is 3.61. The molecule has 68 valence electrons. The molecule has 0 saturated heterocycles. The molecular formula is C12H20. The smallest absolute Gasteiger partial charge is 0.0238 e. The zero-order chi connectivity index (χ0) is 8.18. The normalized spacial score (nSPS) is 47.2. The maximum absolute atomic E-state index is 2.36. The van der Waals surface area contributed by atoms with Gasteiger partial charge in [-0.3, -0.25) is 0 Å². The molecule has 3 aliphatic rings. The quantitative estimate of drug-likeness (QED) is 0.585. The van der Waals surface area contributed by atoms with E-state index in [0.717, 1.165) is 11.3 Å². The summed E-state index contributed by atoms with van der Waals surface area (Å²) in [5, 5.41) is 0. The highest BCUT2D eigenvalue weighted by Crippen LogP contribution is 2.73. The Bertz CT molecular complexity index is 190. The van der Waals surface area contributed by atoms with Crippen molar-refractivity contribution in [1.29, 1.82) is 0 Å². The number of rotatable bonds is 2. The first-order valence-electron chi connectivity index (χ1n) is 5.87. The van der Waals surface area contributed by atoms with Gasteiger partial charge in [0.1, 0.15) is 0 Å². The highest BCUT2D eigenvalue weighted by Gasteiger charge is 2.64. The van der Waals surface area contributed by atoms with E-state index in [-0.39, 0.29) is 0 Å². The Kier molecular flexibility index (Phi) is 1.40. The summed E-state index contributed by atoms with van der Waals surface area (Å²) in [7, 11) is 0. The van der Waals surface area contributed by atoms with Crippen LogP contribution in [0.5, 0.6) is 0 Å². The second kappa shape index (κ2) is 2.27. The Labute approximate surface area is 75.7 Å². The summed E-state index contributed by atoms with van der Waals surface area (Å²) in [5.74, 6) is 3.55. The lowest BCUT2D eigenvalue weighted by atomic mass is 9.74. The fourth-order valence-corrected chi connectivity index (χ4v) is 3.98. The Balaban J connectivity index is 1.75. The van der Waals surface area contributed by atoms with Crippen molar-refractivity contribution in [2.24, 2.45) is 23.2 Å². The molecule has 0 bridgehead atoms. The van der Waals surface area contributed by atoms with Crippen molar-refractivity contribution in [3.05, 3.63) is 0 Å². The Morgan fingerprint density at radius 1 is 1.25 bits per heavy atom. The molecule has 0 aromatic heterocycles. The van der Waals surface area contributed by atoms with Gasteiger partial charge in [-0.1, -0.05) is 19.8 Å². The van der Waals surface area contributed by atoms with Crippen LogP contribution in [0.1, 0.15) is 51.9 Å². The SMILES string of the molecule is CCCC1CCC2CC2C12CC2. The highest BCUT2D eigenvalue weighted by atomic mass is 14.7. The van der Waals surface area contributed by atoms with Gasteiger partial charge in [0.25, 0.3) is 0 Å². The molecule has 3 atom stereocenters. The molecule has 0 aromatic rings. The minimum Gasteiger partial charge on any atom is -0.0654 e. The van der Waals surface area contributed by atoms with Gasteiger partial charge >= 0.3 is 0 Å². The third-order valence-corrected chi connectivity index (χ3v) is 4.82. The number of hydrogen-bond donors (Lipinski definition) is 0. The molecule has 0 aromatic carbocycles. The van der Waals surface area contributed by atoms with Gasteiger partial charge in [0.15, 0.2) is 0 Å². The van der Waals surface area contributed by atoms with Crippen LogP contribution < -0.4 is 0 Å². The summed E-state index contributed by atoms with van der Waals surface area (Å²) in [5.41, 5.74) is 0.929. The molecule has 0 N–H and O–H groups in total. The van der Waals surface area contributed by atoms with E-state index in [1.54, 1.807) is 32.1 Å². The van der Waals surface area contributed by atoms with Crippen LogP contribution in [0.25, 0.3) is 0 Å². The average molecular weight is 164 g/mol. The molecule has 12 heavy (non-hydrogen) atoms. The lowest BCUT2D eigenvalue weighted by Gasteiger charge is -2.31. The minimum absolute atomic E-state index is 0.929. The van der Waals surface area contributed by atoms with Crippen molar-refractivity contribution in [3.8, 4) is 0 Å². The van der Waals surface area contributed by atoms with E-state index in [1.807, 2.05) is 0 Å². The van der Waals surface area contributed by atoms with Crippen molar-refractivity contribution < 1.29 is 0 Å². The molecular weight excluding hydrogens is 144 g/mol. The average Bonchev–Trinajstić information content (AvgIpc) is 2.91. The zero-order valence-corrected chi connectivity index (χ0v) is 8.18. The van der Waals surface area contributed by atoms with E-state index in [4.69, 9.17) is 0 Å². The van der Waals surface area contributed by atoms with E-state index in [9.17, 15) is 0 Å². The predicted molar refractivity (Wildman–Crippen MR) is 50.9 cm³/mol. The lowest BCUT2D eigenvalue weighted by molar-refractivity contribution is 0.183. The fraction of sp³-hybridized carbons (Fsp3) is 1.00. The van der Waals surface area contributed by atoms with Crippen LogP contribution >= 0.6 is 0 Å². The van der Waals surface area contributed by atoms with Gasteiger partial charge in [-0.05, 0) is 55.3 Å². The van der Waals surface area contributed by atoms with Crippen LogP contribution in [0.3, 0.4) is 0 Å². The second-order valence-corrected chi connectivity index (χ2v) is 5.40. The number of fused-ring (bicyclic) bond motifs is 2. The molecule has 3 aliphatic carbocycles. The van der Waals surface area contributed by atoms with Crippen LogP contribution in [-0.2, 0) is 0 Å². The highest BCUT2D eigenvalue weighted by molar-refractivity contribution is 5.13. The van der Waals surface area contributed by atoms with Crippen molar-refractivity contribution in [2.75, 3.05) is 0 Å². The summed E-state index contributed by atoms with van der Waals surface area (Å²) in [6, 6.07) is 0. The molecule has 0 aliphatic heterocycles. The van der Waals surface area contributed by atoms with E-state index in [2.05, 4.69) is 6.92 Å². The van der Waals surface area contributed by atoms with Gasteiger partial charge in [0.05, 0.1) is 0 Å². The van der Waals surface area contributed by atoms with Crippen molar-refractivity contribution >= 4 is 0 Å². The van der Waals surface area contributed by atoms with E-state index in [0.29, 0.717) is 0 Å². The van der Waals surface area contributed by atoms with Gasteiger partial charge in [-0.15, -0.1) is 0 Å². The van der Waals surface area contributed by atoms with Gasteiger partial charge in [-0.25, -0.2) is 0 Å². The minimum atomic E-state index is 0.929. The summed E-state index contributed by atoms with van der Waals surface area (Å²) in [6.07, 6.45) is 10.9. The number of hydrogen-bond acceptors (Lipinski definition) is 0. The topological polar surface area (TPSA) is 0 Å². The molecule has 1 spiro atoms. The molecule has 3 saturated carbocycles. The summed E-state index contributed by atoms with van der Waals surface area (Å²) in [4.78, 5) is 0. The van der Waals surface area contributed by atoms with E-state index >= 15 is 0 Å². The summed E-state index contributed by atoms with van der Waals surface area (Å²) in [6.45, 7) is 2.36. The van der Waals surface area contributed by atoms with E-state index < -0.39 is 0 Å². The van der Waals surface area contributed by atoms with Crippen LogP contribution in [0.2, 0.25) is 0 Å². The lowest BCUT2D eigenvalue weighted by Crippen LogP contribution is -2.23. The van der Waals surface area contributed by atoms with Crippen molar-refractivity contribution in [2.45, 2.75) is 51.9 Å². The van der Waals surface area contributed by atoms with Crippen LogP contribution in [0.4, 0.5) is 0 Å². The van der Waals surface area contributed by atoms with Crippen LogP contribution in [0, 0.1) is 23.2 Å². The summed E-state index contributed by atoms with van der Waals surface area (Å²) >= 11 is 0. The standard InChI is InChI=1S/C12H20/c1-2-3-10-5-4-9-8-11(9)12(10)6-7-12/h9-11H,2-8H2,1H3. The molecule has 3 fully saturated rings. The van der Waals surface area contributed by atoms with Crippen LogP contribution in [0.15, 0.2) is 0 Å². The first-order valence-corrected chi connectivity index (χ1v) is 5.87. The zero-order valence-electron chi connectivity index (χ0n) is 8.18. The first kappa shape index (κ1) is 7.41. The van der Waals surface area contributed by atoms with Crippen molar-refractivity contribution in [3.63, 3.8) is 0 Å². The molecule has 0 nitrogen and oxygen atoms in total. The molecule has 0 heterocycles. The Morgan fingerprint density at radius 2 is 2.08 bits per heavy atom. The fourth-order valence-electron chi connectivity index (χ4n) is 3.98. The van der Waals surface area contributed by atoms with E-state index in [1.165, 1.54) is 24.7 Å². The molecule has 0 amide bonds. The molecule has 3 rings (SSSR count). The Morgan fingerprint density at radius 3 is 2.75 bits per heavy atom. The third-order valence-electron chi connectivity index (χ3n) is 4.82. The summed E-state index contributed by atoms with van der Waals surface area (Å²) < 4.78 is 0. The molecule has 3 unspecified atom stereocenters. The van der Waals surface area contributed by atoms with Gasteiger partial charge in [0, 0.05) is 0 Å². The van der Waals surface area contributed by atoms with Gasteiger partial charge < -0.3 is 0 Å². The largest absolute Gasteiger partial charge is 0.0654 e. The van der Waals surface area contributed by atoms with Gasteiger partial charge in [-0.2, -0.15) is 0 Å². The molecule has 0 heteroatoms. The van der Waals surface area contributed by atoms with Gasteiger partial charge in [0.2, 0.25) is 0 Å². The monoisotopic (exact) mass is 164 g/mol. The maximum atomic E-state index is 2.36. The Hall–Kier alpha value is 0. The molecule has 0 radical (unpaired) electrons. The van der Waals surface area contributed by atoms with Crippen molar-refractivity contribution in [1.82, 2.24) is 0 Å². The van der Waals surface area contributed by atoms with Crippen LogP contribution in [-0.4, -0.2) is 0 Å².